The van der Waals surface area contributed by atoms with E-state index in [1.807, 2.05) is 23.0 Å². The third-order valence-electron chi connectivity index (χ3n) is 6.71. The Morgan fingerprint density at radius 2 is 1.91 bits per heavy atom. The van der Waals surface area contributed by atoms with Crippen LogP contribution in [0.4, 0.5) is 10.1 Å². The molecule has 1 aromatic heterocycles. The molecule has 0 unspecified atom stereocenters. The molecule has 1 saturated carbocycles. The van der Waals surface area contributed by atoms with E-state index in [1.165, 1.54) is 31.0 Å². The van der Waals surface area contributed by atoms with Crippen LogP contribution in [-0.2, 0) is 5.60 Å². The number of halogens is 1. The SMILES string of the molecule is CC(C)C1CCC(n2cc3cc(NC(=O)c4cccc(F)c4)c(C(C)(C)O)cc3n2)CC1. The standard InChI is InChI=1S/C26H32FN3O2/c1-16(2)17-8-10-21(11-9-17)30-15-19-13-24(22(26(3,4)32)14-23(19)29-30)28-25(31)18-6-5-7-20(27)12-18/h5-7,12-17,21,32H,8-11H2,1-4H3,(H,28,31). The lowest BCUT2D eigenvalue weighted by Gasteiger charge is -2.30. The minimum Gasteiger partial charge on any atom is -0.386 e. The van der Waals surface area contributed by atoms with Gasteiger partial charge in [0.2, 0.25) is 0 Å². The Morgan fingerprint density at radius 1 is 1.19 bits per heavy atom. The van der Waals surface area contributed by atoms with E-state index in [9.17, 15) is 14.3 Å². The molecule has 0 saturated heterocycles. The highest BCUT2D eigenvalue weighted by Crippen LogP contribution is 2.37. The van der Waals surface area contributed by atoms with Gasteiger partial charge in [0.25, 0.3) is 5.91 Å². The van der Waals surface area contributed by atoms with Crippen molar-refractivity contribution in [2.75, 3.05) is 5.32 Å². The molecule has 1 amide bonds. The van der Waals surface area contributed by atoms with Crippen LogP contribution >= 0.6 is 0 Å². The average molecular weight is 438 g/mol. The number of hydrogen-bond donors (Lipinski definition) is 2. The van der Waals surface area contributed by atoms with Gasteiger partial charge in [0, 0.05) is 28.4 Å². The zero-order valence-electron chi connectivity index (χ0n) is 19.2. The molecule has 6 heteroatoms. The van der Waals surface area contributed by atoms with Gasteiger partial charge in [-0.1, -0.05) is 19.9 Å². The molecule has 3 aromatic rings. The minimum absolute atomic E-state index is 0.226. The van der Waals surface area contributed by atoms with Crippen molar-refractivity contribution in [2.24, 2.45) is 11.8 Å². The fourth-order valence-electron chi connectivity index (χ4n) is 4.74. The predicted molar refractivity (Wildman–Crippen MR) is 125 cm³/mol. The molecule has 2 aromatic carbocycles. The molecule has 0 spiro atoms. The van der Waals surface area contributed by atoms with Gasteiger partial charge in [0.1, 0.15) is 5.82 Å². The smallest absolute Gasteiger partial charge is 0.255 e. The summed E-state index contributed by atoms with van der Waals surface area (Å²) in [6, 6.07) is 9.62. The van der Waals surface area contributed by atoms with E-state index in [4.69, 9.17) is 5.10 Å². The lowest BCUT2D eigenvalue weighted by Crippen LogP contribution is -2.21. The van der Waals surface area contributed by atoms with Crippen LogP contribution in [0.2, 0.25) is 0 Å². The second kappa shape index (κ2) is 8.66. The number of anilines is 1. The van der Waals surface area contributed by atoms with Crippen LogP contribution in [0.25, 0.3) is 10.9 Å². The number of nitrogens with zero attached hydrogens (tertiary/aromatic N) is 2. The Morgan fingerprint density at radius 3 is 2.53 bits per heavy atom. The Labute approximate surface area is 188 Å². The van der Waals surface area contributed by atoms with Crippen LogP contribution in [0, 0.1) is 17.7 Å². The maximum atomic E-state index is 13.6. The Balaban J connectivity index is 1.64. The number of carbonyl (C=O) groups is 1. The van der Waals surface area contributed by atoms with Crippen molar-refractivity contribution in [1.29, 1.82) is 0 Å². The van der Waals surface area contributed by atoms with Crippen LogP contribution in [-0.4, -0.2) is 20.8 Å². The van der Waals surface area contributed by atoms with Crippen molar-refractivity contribution in [3.8, 4) is 0 Å². The number of nitrogens with one attached hydrogen (secondary N) is 1. The van der Waals surface area contributed by atoms with Crippen molar-refractivity contribution in [3.05, 3.63) is 59.5 Å². The molecule has 1 aliphatic carbocycles. The molecule has 2 N–H and O–H groups in total. The van der Waals surface area contributed by atoms with Gasteiger partial charge in [0.05, 0.1) is 17.2 Å². The molecule has 170 valence electrons. The van der Waals surface area contributed by atoms with Crippen LogP contribution in [0.3, 0.4) is 0 Å². The molecular formula is C26H32FN3O2. The molecule has 4 rings (SSSR count). The monoisotopic (exact) mass is 437 g/mol. The van der Waals surface area contributed by atoms with E-state index >= 15 is 0 Å². The number of rotatable bonds is 5. The van der Waals surface area contributed by atoms with Crippen molar-refractivity contribution in [2.45, 2.75) is 65.0 Å². The van der Waals surface area contributed by atoms with Gasteiger partial charge in [0.15, 0.2) is 0 Å². The van der Waals surface area contributed by atoms with E-state index in [1.54, 1.807) is 19.9 Å². The molecule has 0 aliphatic heterocycles. The molecule has 0 atom stereocenters. The maximum absolute atomic E-state index is 13.6. The molecule has 1 aliphatic rings. The second-order valence-corrected chi connectivity index (χ2v) is 9.90. The molecular weight excluding hydrogens is 405 g/mol. The number of aromatic nitrogens is 2. The molecule has 1 fully saturated rings. The van der Waals surface area contributed by atoms with Gasteiger partial charge in [-0.3, -0.25) is 9.48 Å². The van der Waals surface area contributed by atoms with Gasteiger partial charge in [-0.15, -0.1) is 0 Å². The first kappa shape index (κ1) is 22.5. The van der Waals surface area contributed by atoms with E-state index in [2.05, 4.69) is 19.2 Å². The van der Waals surface area contributed by atoms with E-state index < -0.39 is 17.3 Å². The fourth-order valence-corrected chi connectivity index (χ4v) is 4.74. The molecule has 0 bridgehead atoms. The third-order valence-corrected chi connectivity index (χ3v) is 6.71. The lowest BCUT2D eigenvalue weighted by molar-refractivity contribution is 0.0794. The van der Waals surface area contributed by atoms with Gasteiger partial charge in [-0.05, 0) is 81.7 Å². The summed E-state index contributed by atoms with van der Waals surface area (Å²) in [4.78, 5) is 12.7. The minimum atomic E-state index is -1.18. The second-order valence-electron chi connectivity index (χ2n) is 9.90. The first-order valence-corrected chi connectivity index (χ1v) is 11.4. The third kappa shape index (κ3) is 4.70. The van der Waals surface area contributed by atoms with Gasteiger partial charge >= 0.3 is 0 Å². The topological polar surface area (TPSA) is 67.2 Å². The Hall–Kier alpha value is -2.73. The summed E-state index contributed by atoms with van der Waals surface area (Å²) in [5.74, 6) is 0.604. The highest BCUT2D eigenvalue weighted by Gasteiger charge is 2.27. The van der Waals surface area contributed by atoms with Crippen LogP contribution < -0.4 is 5.32 Å². The fraction of sp³-hybridized carbons (Fsp3) is 0.462. The summed E-state index contributed by atoms with van der Waals surface area (Å²) < 4.78 is 15.6. The average Bonchev–Trinajstić information content (AvgIpc) is 3.15. The predicted octanol–water partition coefficient (Wildman–Crippen LogP) is 6.04. The summed E-state index contributed by atoms with van der Waals surface area (Å²) in [7, 11) is 0. The highest BCUT2D eigenvalue weighted by molar-refractivity contribution is 6.05. The molecule has 1 heterocycles. The van der Waals surface area contributed by atoms with E-state index in [-0.39, 0.29) is 5.56 Å². The first-order valence-electron chi connectivity index (χ1n) is 11.4. The number of hydrogen-bond acceptors (Lipinski definition) is 3. The number of aliphatic hydroxyl groups is 1. The maximum Gasteiger partial charge on any atom is 0.255 e. The van der Waals surface area contributed by atoms with Crippen molar-refractivity contribution < 1.29 is 14.3 Å². The molecule has 0 radical (unpaired) electrons. The largest absolute Gasteiger partial charge is 0.386 e. The van der Waals surface area contributed by atoms with E-state index in [0.29, 0.717) is 23.2 Å². The summed E-state index contributed by atoms with van der Waals surface area (Å²) in [5, 5.41) is 19.3. The lowest BCUT2D eigenvalue weighted by atomic mass is 9.80. The zero-order valence-corrected chi connectivity index (χ0v) is 19.2. The van der Waals surface area contributed by atoms with Gasteiger partial charge < -0.3 is 10.4 Å². The summed E-state index contributed by atoms with van der Waals surface area (Å²) in [6.45, 7) is 7.95. The number of benzene rings is 2. The Kier molecular flexibility index (Phi) is 6.08. The van der Waals surface area contributed by atoms with Crippen LogP contribution in [0.15, 0.2) is 42.6 Å². The Bertz CT molecular complexity index is 1120. The van der Waals surface area contributed by atoms with Crippen molar-refractivity contribution >= 4 is 22.5 Å². The first-order chi connectivity index (χ1) is 15.1. The van der Waals surface area contributed by atoms with Gasteiger partial charge in [-0.2, -0.15) is 5.10 Å². The summed E-state index contributed by atoms with van der Waals surface area (Å²) >= 11 is 0. The summed E-state index contributed by atoms with van der Waals surface area (Å²) in [5.41, 5.74) is 0.907. The van der Waals surface area contributed by atoms with Crippen LogP contribution in [0.1, 0.15) is 75.3 Å². The van der Waals surface area contributed by atoms with Crippen molar-refractivity contribution in [3.63, 3.8) is 0 Å². The highest BCUT2D eigenvalue weighted by atomic mass is 19.1. The summed E-state index contributed by atoms with van der Waals surface area (Å²) in [6.07, 6.45) is 6.67. The van der Waals surface area contributed by atoms with E-state index in [0.717, 1.165) is 29.7 Å². The normalized spacial score (nSPS) is 19.5. The molecule has 32 heavy (non-hydrogen) atoms. The van der Waals surface area contributed by atoms with Crippen LogP contribution in [0.5, 0.6) is 0 Å². The number of fused-ring (bicyclic) bond motifs is 1. The quantitative estimate of drug-likeness (QED) is 0.511. The number of amides is 1. The van der Waals surface area contributed by atoms with Gasteiger partial charge in [-0.25, -0.2) is 4.39 Å². The van der Waals surface area contributed by atoms with Crippen molar-refractivity contribution in [1.82, 2.24) is 9.78 Å². The molecule has 5 nitrogen and oxygen atoms in total. The number of carbonyl (C=O) groups excluding carboxylic acids is 1. The zero-order chi connectivity index (χ0) is 23.0.